The van der Waals surface area contributed by atoms with Crippen LogP contribution in [0.15, 0.2) is 46.9 Å². The van der Waals surface area contributed by atoms with Crippen LogP contribution in [0.1, 0.15) is 41.5 Å². The van der Waals surface area contributed by atoms with E-state index in [4.69, 9.17) is 9.47 Å². The molecule has 25 heavy (non-hydrogen) atoms. The quantitative estimate of drug-likeness (QED) is 0.709. The van der Waals surface area contributed by atoms with Crippen LogP contribution in [-0.2, 0) is 4.74 Å². The Morgan fingerprint density at radius 3 is 2.28 bits per heavy atom. The second-order valence-corrected chi connectivity index (χ2v) is 6.42. The first kappa shape index (κ1) is 19.0. The molecular formula is C19H20BrNO4. The van der Waals surface area contributed by atoms with E-state index >= 15 is 0 Å². The lowest BCUT2D eigenvalue weighted by Gasteiger charge is -2.12. The van der Waals surface area contributed by atoms with E-state index in [2.05, 4.69) is 21.2 Å². The van der Waals surface area contributed by atoms with Gasteiger partial charge in [-0.2, -0.15) is 0 Å². The van der Waals surface area contributed by atoms with Crippen LogP contribution in [0.5, 0.6) is 5.75 Å². The summed E-state index contributed by atoms with van der Waals surface area (Å²) in [5, 5.41) is 2.79. The number of hydrogen-bond donors (Lipinski definition) is 1. The van der Waals surface area contributed by atoms with Crippen molar-refractivity contribution in [1.82, 2.24) is 0 Å². The van der Waals surface area contributed by atoms with Crippen molar-refractivity contribution < 1.29 is 19.1 Å². The lowest BCUT2D eigenvalue weighted by atomic mass is 10.1. The van der Waals surface area contributed by atoms with Crippen molar-refractivity contribution in [2.24, 2.45) is 0 Å². The largest absolute Gasteiger partial charge is 0.490 e. The first-order chi connectivity index (χ1) is 11.9. The maximum atomic E-state index is 12.4. The van der Waals surface area contributed by atoms with Crippen LogP contribution in [0, 0.1) is 0 Å². The Morgan fingerprint density at radius 1 is 1.08 bits per heavy atom. The number of anilines is 1. The standard InChI is InChI=1S/C19H20BrNO4/c1-4-24-19(23)13-5-8-15(9-6-13)21-18(22)14-7-10-17(16(20)11-14)25-12(2)3/h5-12H,4H2,1-3H3,(H,21,22). The lowest BCUT2D eigenvalue weighted by molar-refractivity contribution is 0.0526. The van der Waals surface area contributed by atoms with E-state index in [0.29, 0.717) is 33.6 Å². The molecule has 0 atom stereocenters. The molecule has 0 saturated heterocycles. The number of esters is 1. The number of amides is 1. The molecule has 0 bridgehead atoms. The van der Waals surface area contributed by atoms with Gasteiger partial charge in [0.25, 0.3) is 5.91 Å². The van der Waals surface area contributed by atoms with Crippen LogP contribution in [0.4, 0.5) is 5.69 Å². The van der Waals surface area contributed by atoms with Gasteiger partial charge < -0.3 is 14.8 Å². The number of nitrogens with one attached hydrogen (secondary N) is 1. The van der Waals surface area contributed by atoms with E-state index < -0.39 is 0 Å². The Morgan fingerprint density at radius 2 is 1.72 bits per heavy atom. The molecule has 0 aromatic heterocycles. The van der Waals surface area contributed by atoms with Crippen LogP contribution >= 0.6 is 15.9 Å². The predicted molar refractivity (Wildman–Crippen MR) is 100 cm³/mol. The van der Waals surface area contributed by atoms with E-state index in [1.54, 1.807) is 49.4 Å². The Labute approximate surface area is 155 Å². The third-order valence-electron chi connectivity index (χ3n) is 3.21. The van der Waals surface area contributed by atoms with Crippen LogP contribution in [0.2, 0.25) is 0 Å². The fourth-order valence-electron chi connectivity index (χ4n) is 2.10. The van der Waals surface area contributed by atoms with Crippen molar-refractivity contribution in [2.75, 3.05) is 11.9 Å². The SMILES string of the molecule is CCOC(=O)c1ccc(NC(=O)c2ccc(OC(C)C)c(Br)c2)cc1. The van der Waals surface area contributed by atoms with Gasteiger partial charge in [-0.1, -0.05) is 0 Å². The van der Waals surface area contributed by atoms with E-state index in [-0.39, 0.29) is 18.0 Å². The summed E-state index contributed by atoms with van der Waals surface area (Å²) in [6.07, 6.45) is 0.0499. The summed E-state index contributed by atoms with van der Waals surface area (Å²) in [6, 6.07) is 11.7. The molecule has 6 heteroatoms. The topological polar surface area (TPSA) is 64.6 Å². The Kier molecular flexibility index (Phi) is 6.58. The van der Waals surface area contributed by atoms with Crippen molar-refractivity contribution >= 4 is 33.5 Å². The molecule has 0 radical (unpaired) electrons. The molecule has 1 N–H and O–H groups in total. The van der Waals surface area contributed by atoms with Gasteiger partial charge in [0, 0.05) is 11.3 Å². The third kappa shape index (κ3) is 5.32. The highest BCUT2D eigenvalue weighted by molar-refractivity contribution is 9.10. The molecule has 0 aliphatic carbocycles. The van der Waals surface area contributed by atoms with Gasteiger partial charge in [0.05, 0.1) is 22.7 Å². The molecule has 0 spiro atoms. The summed E-state index contributed by atoms with van der Waals surface area (Å²) in [5.74, 6) is 0.0519. The van der Waals surface area contributed by atoms with E-state index in [1.807, 2.05) is 13.8 Å². The van der Waals surface area contributed by atoms with Crippen LogP contribution in [0.3, 0.4) is 0 Å². The van der Waals surface area contributed by atoms with Gasteiger partial charge in [-0.25, -0.2) is 4.79 Å². The van der Waals surface area contributed by atoms with Gasteiger partial charge in [0.15, 0.2) is 0 Å². The number of halogens is 1. The molecule has 0 fully saturated rings. The molecule has 0 unspecified atom stereocenters. The fraction of sp³-hybridized carbons (Fsp3) is 0.263. The summed E-state index contributed by atoms with van der Waals surface area (Å²) in [7, 11) is 0. The van der Waals surface area contributed by atoms with Crippen LogP contribution in [-0.4, -0.2) is 24.6 Å². The second kappa shape index (κ2) is 8.67. The summed E-state index contributed by atoms with van der Waals surface area (Å²) in [6.45, 7) is 5.95. The molecule has 0 aliphatic heterocycles. The van der Waals surface area contributed by atoms with Gasteiger partial charge in [-0.15, -0.1) is 0 Å². The minimum atomic E-state index is -0.384. The van der Waals surface area contributed by atoms with Crippen molar-refractivity contribution in [3.8, 4) is 5.75 Å². The normalized spacial score (nSPS) is 10.4. The Bertz CT molecular complexity index is 757. The minimum Gasteiger partial charge on any atom is -0.490 e. The average molecular weight is 406 g/mol. The van der Waals surface area contributed by atoms with Crippen molar-refractivity contribution in [1.29, 1.82) is 0 Å². The number of carbonyl (C=O) groups excluding carboxylic acids is 2. The molecule has 0 saturated carbocycles. The Balaban J connectivity index is 2.06. The summed E-state index contributed by atoms with van der Waals surface area (Å²) in [5.41, 5.74) is 1.53. The van der Waals surface area contributed by atoms with Gasteiger partial charge in [0.1, 0.15) is 5.75 Å². The van der Waals surface area contributed by atoms with Crippen molar-refractivity contribution in [3.05, 3.63) is 58.1 Å². The van der Waals surface area contributed by atoms with Crippen molar-refractivity contribution in [2.45, 2.75) is 26.9 Å². The lowest BCUT2D eigenvalue weighted by Crippen LogP contribution is -2.13. The smallest absolute Gasteiger partial charge is 0.338 e. The maximum Gasteiger partial charge on any atom is 0.338 e. The Hall–Kier alpha value is -2.34. The molecule has 1 amide bonds. The molecule has 132 valence electrons. The molecule has 0 heterocycles. The zero-order valence-electron chi connectivity index (χ0n) is 14.3. The average Bonchev–Trinajstić information content (AvgIpc) is 2.57. The van der Waals surface area contributed by atoms with Crippen LogP contribution < -0.4 is 10.1 Å². The monoisotopic (exact) mass is 405 g/mol. The van der Waals surface area contributed by atoms with Gasteiger partial charge >= 0.3 is 5.97 Å². The molecule has 2 rings (SSSR count). The second-order valence-electron chi connectivity index (χ2n) is 5.56. The molecule has 2 aromatic carbocycles. The van der Waals surface area contributed by atoms with E-state index in [9.17, 15) is 9.59 Å². The number of rotatable bonds is 6. The minimum absolute atomic E-state index is 0.0499. The van der Waals surface area contributed by atoms with E-state index in [0.717, 1.165) is 0 Å². The molecule has 2 aromatic rings. The van der Waals surface area contributed by atoms with Gasteiger partial charge in [0.2, 0.25) is 0 Å². The third-order valence-corrected chi connectivity index (χ3v) is 3.83. The van der Waals surface area contributed by atoms with Crippen molar-refractivity contribution in [3.63, 3.8) is 0 Å². The predicted octanol–water partition coefficient (Wildman–Crippen LogP) is 4.67. The highest BCUT2D eigenvalue weighted by Gasteiger charge is 2.11. The molecule has 0 aliphatic rings. The molecule has 5 nitrogen and oxygen atoms in total. The number of hydrogen-bond acceptors (Lipinski definition) is 4. The highest BCUT2D eigenvalue weighted by atomic mass is 79.9. The van der Waals surface area contributed by atoms with E-state index in [1.165, 1.54) is 0 Å². The first-order valence-corrected chi connectivity index (χ1v) is 8.74. The molecular weight excluding hydrogens is 386 g/mol. The summed E-state index contributed by atoms with van der Waals surface area (Å²) >= 11 is 3.41. The summed E-state index contributed by atoms with van der Waals surface area (Å²) < 4.78 is 11.3. The number of ether oxygens (including phenoxy) is 2. The fourth-order valence-corrected chi connectivity index (χ4v) is 2.57. The summed E-state index contributed by atoms with van der Waals surface area (Å²) in [4.78, 5) is 24.0. The zero-order chi connectivity index (χ0) is 18.4. The van der Waals surface area contributed by atoms with Gasteiger partial charge in [-0.05, 0) is 79.2 Å². The van der Waals surface area contributed by atoms with Gasteiger partial charge in [-0.3, -0.25) is 4.79 Å². The van der Waals surface area contributed by atoms with Crippen LogP contribution in [0.25, 0.3) is 0 Å². The zero-order valence-corrected chi connectivity index (χ0v) is 15.9. The number of benzene rings is 2. The first-order valence-electron chi connectivity index (χ1n) is 7.95. The highest BCUT2D eigenvalue weighted by Crippen LogP contribution is 2.27. The maximum absolute atomic E-state index is 12.4. The number of carbonyl (C=O) groups is 2.